The predicted octanol–water partition coefficient (Wildman–Crippen LogP) is 2.78. The first-order chi connectivity index (χ1) is 9.17. The molecule has 98 valence electrons. The number of methoxy groups -OCH3 is 1. The van der Waals surface area contributed by atoms with E-state index in [0.29, 0.717) is 22.4 Å². The standard InChI is InChI=1S/C12H11ClN4O2/c1-19-11-5-3-9(7-15-11)16-12(18)17-10-4-2-8(13)6-14-10/h2-7H,1H3,(H2,14,16,17,18). The lowest BCUT2D eigenvalue weighted by molar-refractivity contribution is 0.262. The minimum Gasteiger partial charge on any atom is -0.481 e. The lowest BCUT2D eigenvalue weighted by Crippen LogP contribution is -2.20. The summed E-state index contributed by atoms with van der Waals surface area (Å²) in [7, 11) is 1.52. The maximum absolute atomic E-state index is 11.7. The summed E-state index contributed by atoms with van der Waals surface area (Å²) in [5.41, 5.74) is 0.548. The maximum atomic E-state index is 11.7. The minimum atomic E-state index is -0.415. The van der Waals surface area contributed by atoms with Gasteiger partial charge in [-0.3, -0.25) is 5.32 Å². The van der Waals surface area contributed by atoms with Crippen molar-refractivity contribution >= 4 is 29.1 Å². The second kappa shape index (κ2) is 6.01. The van der Waals surface area contributed by atoms with E-state index in [1.165, 1.54) is 19.5 Å². The normalized spacial score (nSPS) is 9.79. The van der Waals surface area contributed by atoms with Crippen molar-refractivity contribution in [3.63, 3.8) is 0 Å². The Kier molecular flexibility index (Phi) is 4.15. The van der Waals surface area contributed by atoms with Crippen molar-refractivity contribution < 1.29 is 9.53 Å². The lowest BCUT2D eigenvalue weighted by atomic mass is 10.4. The fourth-order valence-electron chi connectivity index (χ4n) is 1.30. The van der Waals surface area contributed by atoms with Gasteiger partial charge in [0.1, 0.15) is 5.82 Å². The van der Waals surface area contributed by atoms with E-state index in [-0.39, 0.29) is 0 Å². The molecule has 2 amide bonds. The number of amides is 2. The third-order valence-corrected chi connectivity index (χ3v) is 2.40. The summed E-state index contributed by atoms with van der Waals surface area (Å²) in [5.74, 6) is 0.883. The van der Waals surface area contributed by atoms with Gasteiger partial charge in [-0.15, -0.1) is 0 Å². The SMILES string of the molecule is COc1ccc(NC(=O)Nc2ccc(Cl)cn2)cn1. The van der Waals surface area contributed by atoms with Gasteiger partial charge in [0, 0.05) is 12.3 Å². The molecule has 0 bridgehead atoms. The molecule has 2 rings (SSSR count). The van der Waals surface area contributed by atoms with Crippen molar-refractivity contribution in [2.45, 2.75) is 0 Å². The van der Waals surface area contributed by atoms with Gasteiger partial charge in [-0.2, -0.15) is 0 Å². The van der Waals surface area contributed by atoms with E-state index < -0.39 is 6.03 Å². The molecule has 0 saturated carbocycles. The molecule has 6 nitrogen and oxygen atoms in total. The number of carbonyl (C=O) groups is 1. The first kappa shape index (κ1) is 13.1. The van der Waals surface area contributed by atoms with Crippen LogP contribution in [0.25, 0.3) is 0 Å². The summed E-state index contributed by atoms with van der Waals surface area (Å²) in [6.45, 7) is 0. The van der Waals surface area contributed by atoms with Crippen LogP contribution < -0.4 is 15.4 Å². The highest BCUT2D eigenvalue weighted by atomic mass is 35.5. The van der Waals surface area contributed by atoms with Gasteiger partial charge in [0.25, 0.3) is 0 Å². The maximum Gasteiger partial charge on any atom is 0.324 e. The molecule has 0 radical (unpaired) electrons. The van der Waals surface area contributed by atoms with Gasteiger partial charge in [-0.25, -0.2) is 14.8 Å². The molecule has 7 heteroatoms. The summed E-state index contributed by atoms with van der Waals surface area (Å²) < 4.78 is 4.92. The second-order valence-electron chi connectivity index (χ2n) is 3.53. The van der Waals surface area contributed by atoms with Crippen LogP contribution in [0.1, 0.15) is 0 Å². The van der Waals surface area contributed by atoms with E-state index in [4.69, 9.17) is 16.3 Å². The van der Waals surface area contributed by atoms with E-state index in [1.807, 2.05) is 0 Å². The number of anilines is 2. The Morgan fingerprint density at radius 1 is 1.16 bits per heavy atom. The number of hydrogen-bond acceptors (Lipinski definition) is 4. The van der Waals surface area contributed by atoms with Crippen LogP contribution in [0.3, 0.4) is 0 Å². The summed E-state index contributed by atoms with van der Waals surface area (Å²) in [4.78, 5) is 19.6. The second-order valence-corrected chi connectivity index (χ2v) is 3.97. The molecule has 0 aliphatic rings. The number of rotatable bonds is 3. The molecule has 0 unspecified atom stereocenters. The van der Waals surface area contributed by atoms with Crippen molar-refractivity contribution in [3.05, 3.63) is 41.7 Å². The quantitative estimate of drug-likeness (QED) is 0.905. The van der Waals surface area contributed by atoms with Gasteiger partial charge in [-0.05, 0) is 18.2 Å². The molecule has 0 spiro atoms. The highest BCUT2D eigenvalue weighted by molar-refractivity contribution is 6.30. The summed E-state index contributed by atoms with van der Waals surface area (Å²) in [6.07, 6.45) is 2.94. The first-order valence-corrected chi connectivity index (χ1v) is 5.75. The topological polar surface area (TPSA) is 76.1 Å². The van der Waals surface area contributed by atoms with Gasteiger partial charge in [-0.1, -0.05) is 11.6 Å². The fraction of sp³-hybridized carbons (Fsp3) is 0.0833. The van der Waals surface area contributed by atoms with Gasteiger partial charge >= 0.3 is 6.03 Å². The average molecular weight is 279 g/mol. The van der Waals surface area contributed by atoms with Gasteiger partial charge in [0.15, 0.2) is 0 Å². The van der Waals surface area contributed by atoms with Crippen LogP contribution in [-0.4, -0.2) is 23.1 Å². The molecule has 2 aromatic heterocycles. The summed E-state index contributed by atoms with van der Waals surface area (Å²) in [5, 5.41) is 5.69. The van der Waals surface area contributed by atoms with Crippen LogP contribution >= 0.6 is 11.6 Å². The Morgan fingerprint density at radius 2 is 2.00 bits per heavy atom. The number of aromatic nitrogens is 2. The third kappa shape index (κ3) is 3.82. The van der Waals surface area contributed by atoms with Crippen LogP contribution in [0.4, 0.5) is 16.3 Å². The molecular formula is C12H11ClN4O2. The molecule has 2 aromatic rings. The van der Waals surface area contributed by atoms with Gasteiger partial charge in [0.05, 0.1) is 24.0 Å². The number of halogens is 1. The monoisotopic (exact) mass is 278 g/mol. The molecule has 0 aliphatic carbocycles. The summed E-state index contributed by atoms with van der Waals surface area (Å²) in [6, 6.07) is 6.16. The third-order valence-electron chi connectivity index (χ3n) is 2.17. The highest BCUT2D eigenvalue weighted by Gasteiger charge is 2.04. The largest absolute Gasteiger partial charge is 0.481 e. The molecule has 2 heterocycles. The van der Waals surface area contributed by atoms with Crippen LogP contribution in [0, 0.1) is 0 Å². The van der Waals surface area contributed by atoms with E-state index >= 15 is 0 Å². The Bertz CT molecular complexity index is 557. The van der Waals surface area contributed by atoms with Crippen molar-refractivity contribution in [2.24, 2.45) is 0 Å². The van der Waals surface area contributed by atoms with Crippen LogP contribution in [0.5, 0.6) is 5.88 Å². The number of nitrogens with zero attached hydrogens (tertiary/aromatic N) is 2. The summed E-state index contributed by atoms with van der Waals surface area (Å²) >= 11 is 5.70. The molecular weight excluding hydrogens is 268 g/mol. The minimum absolute atomic E-state index is 0.406. The predicted molar refractivity (Wildman–Crippen MR) is 72.7 cm³/mol. The molecule has 0 aromatic carbocycles. The molecule has 0 aliphatic heterocycles. The molecule has 0 saturated heterocycles. The van der Waals surface area contributed by atoms with E-state index in [0.717, 1.165) is 0 Å². The van der Waals surface area contributed by atoms with Crippen LogP contribution in [0.15, 0.2) is 36.7 Å². The van der Waals surface area contributed by atoms with E-state index in [2.05, 4.69) is 20.6 Å². The molecule has 0 atom stereocenters. The Morgan fingerprint density at radius 3 is 2.58 bits per heavy atom. The zero-order valence-electron chi connectivity index (χ0n) is 10.1. The highest BCUT2D eigenvalue weighted by Crippen LogP contribution is 2.12. The number of pyridine rings is 2. The van der Waals surface area contributed by atoms with Crippen molar-refractivity contribution in [2.75, 3.05) is 17.7 Å². The number of hydrogen-bond donors (Lipinski definition) is 2. The number of ether oxygens (including phenoxy) is 1. The van der Waals surface area contributed by atoms with Gasteiger partial charge in [0.2, 0.25) is 5.88 Å². The Hall–Kier alpha value is -2.34. The van der Waals surface area contributed by atoms with E-state index in [1.54, 1.807) is 24.3 Å². The fourth-order valence-corrected chi connectivity index (χ4v) is 1.42. The van der Waals surface area contributed by atoms with E-state index in [9.17, 15) is 4.79 Å². The van der Waals surface area contributed by atoms with Crippen molar-refractivity contribution in [3.8, 4) is 5.88 Å². The van der Waals surface area contributed by atoms with Crippen molar-refractivity contribution in [1.82, 2.24) is 9.97 Å². The Balaban J connectivity index is 1.95. The zero-order chi connectivity index (χ0) is 13.7. The number of carbonyl (C=O) groups excluding carboxylic acids is 1. The van der Waals surface area contributed by atoms with Gasteiger partial charge < -0.3 is 10.1 Å². The molecule has 0 fully saturated rings. The average Bonchev–Trinajstić information content (AvgIpc) is 2.42. The zero-order valence-corrected chi connectivity index (χ0v) is 10.8. The van der Waals surface area contributed by atoms with Crippen LogP contribution in [0.2, 0.25) is 5.02 Å². The Labute approximate surface area is 114 Å². The molecule has 2 N–H and O–H groups in total. The number of urea groups is 1. The first-order valence-electron chi connectivity index (χ1n) is 5.37. The molecule has 19 heavy (non-hydrogen) atoms. The van der Waals surface area contributed by atoms with Crippen molar-refractivity contribution in [1.29, 1.82) is 0 Å². The van der Waals surface area contributed by atoms with Crippen LogP contribution in [-0.2, 0) is 0 Å². The number of nitrogens with one attached hydrogen (secondary N) is 2. The smallest absolute Gasteiger partial charge is 0.324 e. The lowest BCUT2D eigenvalue weighted by Gasteiger charge is -2.07.